The molecule has 0 spiro atoms. The summed E-state index contributed by atoms with van der Waals surface area (Å²) >= 11 is 0. The average Bonchev–Trinajstić information content (AvgIpc) is 2.63. The Labute approximate surface area is 186 Å². The standard InChI is InChI=1S/C21H24F2N2O5SSi/c1-31(29,30)14-5-6-15-12(9-14)7-8-25(21(27)28)18(15)20(26)24-13-10-16(22)19(17(23)11-13)32(2,3)4/h5-6,9-11,18H,7-8H2,1-4H3,(H,24,26)(H,27,28). The lowest BCUT2D eigenvalue weighted by atomic mass is 9.92. The van der Waals surface area contributed by atoms with Crippen LogP contribution in [0, 0.1) is 11.6 Å². The van der Waals surface area contributed by atoms with Crippen LogP contribution in [0.5, 0.6) is 0 Å². The quantitative estimate of drug-likeness (QED) is 0.652. The number of rotatable bonds is 4. The minimum atomic E-state index is -3.49. The topological polar surface area (TPSA) is 104 Å². The van der Waals surface area contributed by atoms with E-state index in [4.69, 9.17) is 0 Å². The van der Waals surface area contributed by atoms with Crippen LogP contribution in [0.3, 0.4) is 0 Å². The van der Waals surface area contributed by atoms with Gasteiger partial charge in [-0.25, -0.2) is 22.0 Å². The number of fused-ring (bicyclic) bond motifs is 1. The molecule has 7 nitrogen and oxygen atoms in total. The maximum Gasteiger partial charge on any atom is 0.408 e. The summed E-state index contributed by atoms with van der Waals surface area (Å²) in [7, 11) is -5.80. The molecular weight excluding hydrogens is 458 g/mol. The van der Waals surface area contributed by atoms with Gasteiger partial charge in [0.15, 0.2) is 9.84 Å². The molecular formula is C21H24F2N2O5SSi. The van der Waals surface area contributed by atoms with Crippen LogP contribution in [0.4, 0.5) is 19.3 Å². The van der Waals surface area contributed by atoms with Gasteiger partial charge in [0, 0.05) is 23.7 Å². The first-order valence-electron chi connectivity index (χ1n) is 9.83. The molecule has 0 fully saturated rings. The molecule has 2 N–H and O–H groups in total. The number of nitrogens with zero attached hydrogens (tertiary/aromatic N) is 1. The van der Waals surface area contributed by atoms with E-state index < -0.39 is 47.6 Å². The van der Waals surface area contributed by atoms with E-state index in [2.05, 4.69) is 5.32 Å². The van der Waals surface area contributed by atoms with Gasteiger partial charge in [0.05, 0.1) is 13.0 Å². The number of anilines is 1. The number of carbonyl (C=O) groups is 2. The molecule has 172 valence electrons. The Morgan fingerprint density at radius 1 is 1.12 bits per heavy atom. The van der Waals surface area contributed by atoms with Crippen molar-refractivity contribution >= 4 is 40.8 Å². The molecule has 2 aromatic rings. The molecule has 11 heteroatoms. The van der Waals surface area contributed by atoms with E-state index in [9.17, 15) is 31.9 Å². The van der Waals surface area contributed by atoms with Gasteiger partial charge in [-0.05, 0) is 41.8 Å². The SMILES string of the molecule is C[Si](C)(C)c1c(F)cc(NC(=O)C2c3ccc(S(C)(=O)=O)cc3CCN2C(=O)O)cc1F. The summed E-state index contributed by atoms with van der Waals surface area (Å²) in [5.41, 5.74) is 0.720. The molecule has 0 saturated carbocycles. The fraction of sp³-hybridized carbons (Fsp3) is 0.333. The van der Waals surface area contributed by atoms with E-state index in [0.717, 1.165) is 23.3 Å². The Morgan fingerprint density at radius 2 is 1.72 bits per heavy atom. The zero-order valence-electron chi connectivity index (χ0n) is 18.1. The van der Waals surface area contributed by atoms with Gasteiger partial charge in [0.25, 0.3) is 5.91 Å². The van der Waals surface area contributed by atoms with Gasteiger partial charge in [0.2, 0.25) is 0 Å². The Morgan fingerprint density at radius 3 is 2.22 bits per heavy atom. The van der Waals surface area contributed by atoms with Gasteiger partial charge in [-0.3, -0.25) is 9.69 Å². The van der Waals surface area contributed by atoms with Crippen LogP contribution in [0.1, 0.15) is 17.2 Å². The van der Waals surface area contributed by atoms with Crippen LogP contribution in [0.25, 0.3) is 0 Å². The second-order valence-electron chi connectivity index (χ2n) is 8.82. The third-order valence-corrected chi connectivity index (χ3v) is 8.41. The average molecular weight is 483 g/mol. The van der Waals surface area contributed by atoms with Crippen LogP contribution in [0.2, 0.25) is 19.6 Å². The monoisotopic (exact) mass is 482 g/mol. The van der Waals surface area contributed by atoms with Gasteiger partial charge < -0.3 is 10.4 Å². The molecule has 1 aliphatic heterocycles. The predicted octanol–water partition coefficient (Wildman–Crippen LogP) is 3.13. The van der Waals surface area contributed by atoms with Crippen LogP contribution in [-0.2, 0) is 21.1 Å². The lowest BCUT2D eigenvalue weighted by molar-refractivity contribution is -0.121. The van der Waals surface area contributed by atoms with Crippen LogP contribution >= 0.6 is 0 Å². The molecule has 32 heavy (non-hydrogen) atoms. The van der Waals surface area contributed by atoms with Crippen molar-refractivity contribution < 1.29 is 31.9 Å². The number of carboxylic acid groups (broad SMARTS) is 1. The third-order valence-electron chi connectivity index (χ3n) is 5.32. The molecule has 0 bridgehead atoms. The Bertz CT molecular complexity index is 1190. The van der Waals surface area contributed by atoms with E-state index in [1.54, 1.807) is 19.6 Å². The fourth-order valence-electron chi connectivity index (χ4n) is 3.90. The Hall–Kier alpha value is -2.79. The number of halogens is 2. The molecule has 1 atom stereocenters. The van der Waals surface area contributed by atoms with E-state index in [1.165, 1.54) is 18.2 Å². The van der Waals surface area contributed by atoms with Crippen molar-refractivity contribution in [3.8, 4) is 0 Å². The number of amides is 2. The summed E-state index contributed by atoms with van der Waals surface area (Å²) in [4.78, 5) is 25.8. The van der Waals surface area contributed by atoms with Gasteiger partial charge in [0.1, 0.15) is 17.7 Å². The number of hydrogen-bond acceptors (Lipinski definition) is 4. The molecule has 0 saturated heterocycles. The van der Waals surface area contributed by atoms with Crippen molar-refractivity contribution in [2.75, 3.05) is 18.1 Å². The lowest BCUT2D eigenvalue weighted by Gasteiger charge is -2.34. The van der Waals surface area contributed by atoms with Crippen molar-refractivity contribution in [1.82, 2.24) is 4.90 Å². The highest BCUT2D eigenvalue weighted by atomic mass is 32.2. The zero-order chi connectivity index (χ0) is 24.0. The summed E-state index contributed by atoms with van der Waals surface area (Å²) < 4.78 is 52.9. The van der Waals surface area contributed by atoms with E-state index >= 15 is 0 Å². The van der Waals surface area contributed by atoms with Crippen LogP contribution in [0.15, 0.2) is 35.2 Å². The van der Waals surface area contributed by atoms with E-state index in [0.29, 0.717) is 11.1 Å². The van der Waals surface area contributed by atoms with Crippen LogP contribution in [-0.4, -0.2) is 51.3 Å². The van der Waals surface area contributed by atoms with Gasteiger partial charge in [-0.1, -0.05) is 25.7 Å². The maximum atomic E-state index is 14.6. The highest BCUT2D eigenvalue weighted by Crippen LogP contribution is 2.33. The first-order valence-corrected chi connectivity index (χ1v) is 15.2. The van der Waals surface area contributed by atoms with E-state index in [1.807, 2.05) is 0 Å². The number of hydrogen-bond donors (Lipinski definition) is 2. The lowest BCUT2D eigenvalue weighted by Crippen LogP contribution is -2.45. The molecule has 2 aromatic carbocycles. The minimum absolute atomic E-state index is 0.0129. The van der Waals surface area contributed by atoms with Crippen molar-refractivity contribution in [2.45, 2.75) is 37.0 Å². The summed E-state index contributed by atoms with van der Waals surface area (Å²) in [6, 6.07) is 4.88. The maximum absolute atomic E-state index is 14.6. The first kappa shape index (κ1) is 23.9. The molecule has 0 radical (unpaired) electrons. The highest BCUT2D eigenvalue weighted by molar-refractivity contribution is 7.90. The summed E-state index contributed by atoms with van der Waals surface area (Å²) in [6.45, 7) is 5.34. The third kappa shape index (κ3) is 4.68. The molecule has 3 rings (SSSR count). The molecule has 0 aliphatic carbocycles. The van der Waals surface area contributed by atoms with Crippen molar-refractivity contribution in [2.24, 2.45) is 0 Å². The second kappa shape index (κ2) is 8.28. The zero-order valence-corrected chi connectivity index (χ0v) is 19.9. The largest absolute Gasteiger partial charge is 0.465 e. The number of sulfone groups is 1. The fourth-order valence-corrected chi connectivity index (χ4v) is 6.14. The number of carbonyl (C=O) groups excluding carboxylic acids is 1. The predicted molar refractivity (Wildman–Crippen MR) is 119 cm³/mol. The first-order chi connectivity index (χ1) is 14.7. The van der Waals surface area contributed by atoms with Gasteiger partial charge in [-0.15, -0.1) is 0 Å². The Balaban J connectivity index is 2.00. The normalized spacial score (nSPS) is 16.4. The summed E-state index contributed by atoms with van der Waals surface area (Å²) in [5, 5.41) is 12.0. The molecule has 1 heterocycles. The molecule has 2 amide bonds. The smallest absolute Gasteiger partial charge is 0.408 e. The van der Waals surface area contributed by atoms with Crippen molar-refractivity contribution in [3.63, 3.8) is 0 Å². The van der Waals surface area contributed by atoms with Gasteiger partial charge in [-0.2, -0.15) is 0 Å². The molecule has 0 aromatic heterocycles. The molecule has 1 aliphatic rings. The summed E-state index contributed by atoms with van der Waals surface area (Å²) in [6.07, 6.45) is -0.0593. The minimum Gasteiger partial charge on any atom is -0.465 e. The summed E-state index contributed by atoms with van der Waals surface area (Å²) in [5.74, 6) is -2.33. The van der Waals surface area contributed by atoms with Crippen LogP contribution < -0.4 is 10.5 Å². The second-order valence-corrected chi connectivity index (χ2v) is 15.8. The Kier molecular flexibility index (Phi) is 6.18. The van der Waals surface area contributed by atoms with Crippen molar-refractivity contribution in [1.29, 1.82) is 0 Å². The van der Waals surface area contributed by atoms with Crippen molar-refractivity contribution in [3.05, 3.63) is 53.1 Å². The number of nitrogens with one attached hydrogen (secondary N) is 1. The highest BCUT2D eigenvalue weighted by Gasteiger charge is 2.37. The van der Waals surface area contributed by atoms with E-state index in [-0.39, 0.29) is 28.7 Å². The molecule has 1 unspecified atom stereocenters. The van der Waals surface area contributed by atoms with Gasteiger partial charge >= 0.3 is 6.09 Å². The number of benzene rings is 2.